The van der Waals surface area contributed by atoms with Gasteiger partial charge in [-0.15, -0.1) is 0 Å². The molecular formula is C19H26BrNO2. The maximum Gasteiger partial charge on any atom is 0.410 e. The summed E-state index contributed by atoms with van der Waals surface area (Å²) < 4.78 is 6.98. The van der Waals surface area contributed by atoms with Gasteiger partial charge in [-0.3, -0.25) is 0 Å². The molecule has 0 saturated carbocycles. The Kier molecular flexibility index (Phi) is 5.56. The Bertz CT molecular complexity index is 582. The van der Waals surface area contributed by atoms with Crippen LogP contribution in [0.1, 0.15) is 52.1 Å². The lowest BCUT2D eigenvalue weighted by Crippen LogP contribution is -2.52. The lowest BCUT2D eigenvalue weighted by Gasteiger charge is -2.45. The molecule has 1 aromatic carbocycles. The summed E-state index contributed by atoms with van der Waals surface area (Å²) in [4.78, 5) is 14.5. The topological polar surface area (TPSA) is 29.5 Å². The molecule has 1 amide bonds. The first-order valence-electron chi connectivity index (χ1n) is 8.14. The van der Waals surface area contributed by atoms with Gasteiger partial charge in [-0.05, 0) is 37.5 Å². The molecule has 1 aliphatic rings. The first-order chi connectivity index (χ1) is 10.7. The molecule has 2 atom stereocenters. The summed E-state index contributed by atoms with van der Waals surface area (Å²) in [5.74, 6) is 0.272. The largest absolute Gasteiger partial charge is 0.442 e. The van der Waals surface area contributed by atoms with Crippen molar-refractivity contribution in [1.29, 1.82) is 0 Å². The fourth-order valence-electron chi connectivity index (χ4n) is 3.20. The van der Waals surface area contributed by atoms with Crippen LogP contribution in [0.2, 0.25) is 0 Å². The maximum atomic E-state index is 12.6. The number of carbonyl (C=O) groups is 1. The van der Waals surface area contributed by atoms with Crippen molar-refractivity contribution in [2.75, 3.05) is 6.54 Å². The summed E-state index contributed by atoms with van der Waals surface area (Å²) in [6, 6.07) is 8.09. The summed E-state index contributed by atoms with van der Waals surface area (Å²) in [7, 11) is 0. The van der Waals surface area contributed by atoms with Gasteiger partial charge in [-0.1, -0.05) is 54.1 Å². The van der Waals surface area contributed by atoms with Gasteiger partial charge in [0.1, 0.15) is 5.60 Å². The number of rotatable bonds is 5. The molecule has 4 heteroatoms. The van der Waals surface area contributed by atoms with Crippen LogP contribution in [0.3, 0.4) is 0 Å². The molecule has 1 heterocycles. The second kappa shape index (κ2) is 7.08. The van der Waals surface area contributed by atoms with E-state index in [1.807, 2.05) is 43.0 Å². The minimum Gasteiger partial charge on any atom is -0.442 e. The Balaban J connectivity index is 2.15. The van der Waals surface area contributed by atoms with E-state index in [1.165, 1.54) is 0 Å². The van der Waals surface area contributed by atoms with Gasteiger partial charge in [-0.25, -0.2) is 4.79 Å². The van der Waals surface area contributed by atoms with E-state index in [4.69, 9.17) is 4.74 Å². The molecule has 0 radical (unpaired) electrons. The standard InChI is InChI=1S/C19H26BrNO2/c1-13(2)12-19(14(3)4)10-11-21(18(22)23-19)15(5)16-6-8-17(20)9-7-16/h6-9,14-15H,1,10-12H2,2-5H3. The Morgan fingerprint density at radius 2 is 1.96 bits per heavy atom. The Morgan fingerprint density at radius 3 is 2.43 bits per heavy atom. The second-order valence-corrected chi connectivity index (χ2v) is 7.81. The monoisotopic (exact) mass is 379 g/mol. The molecule has 0 aliphatic carbocycles. The lowest BCUT2D eigenvalue weighted by atomic mass is 9.80. The van der Waals surface area contributed by atoms with E-state index in [0.29, 0.717) is 6.54 Å². The molecule has 0 spiro atoms. The van der Waals surface area contributed by atoms with Crippen LogP contribution in [0.4, 0.5) is 4.79 Å². The number of nitrogens with zero attached hydrogens (tertiary/aromatic N) is 1. The van der Waals surface area contributed by atoms with E-state index >= 15 is 0 Å². The molecule has 3 nitrogen and oxygen atoms in total. The average Bonchev–Trinajstić information content (AvgIpc) is 2.46. The fraction of sp³-hybridized carbons (Fsp3) is 0.526. The van der Waals surface area contributed by atoms with Crippen molar-refractivity contribution in [1.82, 2.24) is 4.90 Å². The first kappa shape index (κ1) is 18.1. The molecule has 1 fully saturated rings. The minimum atomic E-state index is -0.418. The SMILES string of the molecule is C=C(C)CC1(C(C)C)CCN(C(C)c2ccc(Br)cc2)C(=O)O1. The predicted octanol–water partition coefficient (Wildman–Crippen LogP) is 5.71. The second-order valence-electron chi connectivity index (χ2n) is 6.89. The molecule has 1 aliphatic heterocycles. The number of amides is 1. The fourth-order valence-corrected chi connectivity index (χ4v) is 3.47. The number of carbonyl (C=O) groups excluding carboxylic acids is 1. The van der Waals surface area contributed by atoms with Crippen molar-refractivity contribution in [3.63, 3.8) is 0 Å². The quantitative estimate of drug-likeness (QED) is 0.612. The van der Waals surface area contributed by atoms with Crippen molar-refractivity contribution < 1.29 is 9.53 Å². The van der Waals surface area contributed by atoms with Gasteiger partial charge >= 0.3 is 6.09 Å². The number of ether oxygens (including phenoxy) is 1. The Labute approximate surface area is 147 Å². The van der Waals surface area contributed by atoms with Crippen LogP contribution in [0.15, 0.2) is 40.9 Å². The maximum absolute atomic E-state index is 12.6. The van der Waals surface area contributed by atoms with Gasteiger partial charge in [0.25, 0.3) is 0 Å². The highest BCUT2D eigenvalue weighted by atomic mass is 79.9. The number of cyclic esters (lactones) is 1. The molecule has 0 aromatic heterocycles. The molecule has 1 saturated heterocycles. The zero-order chi connectivity index (χ0) is 17.2. The Morgan fingerprint density at radius 1 is 1.35 bits per heavy atom. The van der Waals surface area contributed by atoms with Gasteiger partial charge in [0.15, 0.2) is 0 Å². The van der Waals surface area contributed by atoms with Gasteiger partial charge in [-0.2, -0.15) is 0 Å². The zero-order valence-corrected chi connectivity index (χ0v) is 16.0. The summed E-state index contributed by atoms with van der Waals surface area (Å²) in [6.45, 7) is 13.0. The highest BCUT2D eigenvalue weighted by molar-refractivity contribution is 9.10. The zero-order valence-electron chi connectivity index (χ0n) is 14.4. The van der Waals surface area contributed by atoms with Gasteiger partial charge in [0.2, 0.25) is 0 Å². The molecule has 0 bridgehead atoms. The third-order valence-corrected chi connectivity index (χ3v) is 5.30. The van der Waals surface area contributed by atoms with E-state index < -0.39 is 5.60 Å². The third-order valence-electron chi connectivity index (χ3n) is 4.77. The lowest BCUT2D eigenvalue weighted by molar-refractivity contribution is -0.0819. The van der Waals surface area contributed by atoms with Crippen molar-refractivity contribution in [3.05, 3.63) is 46.5 Å². The average molecular weight is 380 g/mol. The van der Waals surface area contributed by atoms with Crippen molar-refractivity contribution in [2.45, 2.75) is 52.2 Å². The number of benzene rings is 1. The highest BCUT2D eigenvalue weighted by Crippen LogP contribution is 2.38. The van der Waals surface area contributed by atoms with Crippen LogP contribution in [0.5, 0.6) is 0 Å². The molecule has 2 unspecified atom stereocenters. The van der Waals surface area contributed by atoms with E-state index in [-0.39, 0.29) is 18.1 Å². The third kappa shape index (κ3) is 3.97. The summed E-state index contributed by atoms with van der Waals surface area (Å²) in [5, 5.41) is 0. The highest BCUT2D eigenvalue weighted by Gasteiger charge is 2.44. The summed E-state index contributed by atoms with van der Waals surface area (Å²) in [6.07, 6.45) is 1.35. The minimum absolute atomic E-state index is 0.00518. The van der Waals surface area contributed by atoms with Gasteiger partial charge in [0.05, 0.1) is 6.04 Å². The summed E-state index contributed by atoms with van der Waals surface area (Å²) in [5.41, 5.74) is 1.75. The van der Waals surface area contributed by atoms with Crippen LogP contribution in [-0.4, -0.2) is 23.1 Å². The van der Waals surface area contributed by atoms with E-state index in [2.05, 4.69) is 36.4 Å². The van der Waals surface area contributed by atoms with Crippen molar-refractivity contribution >= 4 is 22.0 Å². The number of hydrogen-bond acceptors (Lipinski definition) is 2. The molecule has 2 rings (SSSR count). The van der Waals surface area contributed by atoms with Gasteiger partial charge < -0.3 is 9.64 Å². The van der Waals surface area contributed by atoms with Crippen molar-refractivity contribution in [3.8, 4) is 0 Å². The van der Waals surface area contributed by atoms with Crippen LogP contribution in [0.25, 0.3) is 0 Å². The Hall–Kier alpha value is -1.29. The van der Waals surface area contributed by atoms with E-state index in [0.717, 1.165) is 28.5 Å². The molecule has 0 N–H and O–H groups in total. The van der Waals surface area contributed by atoms with E-state index in [9.17, 15) is 4.79 Å². The van der Waals surface area contributed by atoms with Gasteiger partial charge in [0, 0.05) is 23.9 Å². The normalized spacial score (nSPS) is 22.9. The number of hydrogen-bond donors (Lipinski definition) is 0. The molecule has 1 aromatic rings. The first-order valence-corrected chi connectivity index (χ1v) is 8.94. The number of halogens is 1. The van der Waals surface area contributed by atoms with Crippen LogP contribution >= 0.6 is 15.9 Å². The van der Waals surface area contributed by atoms with Crippen LogP contribution in [-0.2, 0) is 4.74 Å². The smallest absolute Gasteiger partial charge is 0.410 e. The molecular weight excluding hydrogens is 354 g/mol. The van der Waals surface area contributed by atoms with Crippen LogP contribution in [0, 0.1) is 5.92 Å². The van der Waals surface area contributed by atoms with E-state index in [1.54, 1.807) is 0 Å². The molecule has 23 heavy (non-hydrogen) atoms. The van der Waals surface area contributed by atoms with Crippen LogP contribution < -0.4 is 0 Å². The predicted molar refractivity (Wildman–Crippen MR) is 97.4 cm³/mol. The summed E-state index contributed by atoms with van der Waals surface area (Å²) >= 11 is 3.44. The van der Waals surface area contributed by atoms with Crippen molar-refractivity contribution in [2.24, 2.45) is 5.92 Å². The molecule has 126 valence electrons.